The van der Waals surface area contributed by atoms with Crippen LogP contribution in [0.2, 0.25) is 0 Å². The van der Waals surface area contributed by atoms with Crippen LogP contribution in [0.3, 0.4) is 0 Å². The third kappa shape index (κ3) is 5.58. The number of carbonyl (C=O) groups excluding carboxylic acids is 1. The third-order valence-electron chi connectivity index (χ3n) is 5.04. The first-order chi connectivity index (χ1) is 13.1. The van der Waals surface area contributed by atoms with Crippen LogP contribution in [0.5, 0.6) is 0 Å². The summed E-state index contributed by atoms with van der Waals surface area (Å²) in [4.78, 5) is 12.3. The van der Waals surface area contributed by atoms with Crippen molar-refractivity contribution in [2.75, 3.05) is 17.1 Å². The van der Waals surface area contributed by atoms with Crippen molar-refractivity contribution in [1.82, 2.24) is 5.32 Å². The lowest BCUT2D eigenvalue weighted by Crippen LogP contribution is -2.33. The van der Waals surface area contributed by atoms with E-state index in [9.17, 15) is 13.2 Å². The van der Waals surface area contributed by atoms with Crippen molar-refractivity contribution >= 4 is 21.6 Å². The van der Waals surface area contributed by atoms with Gasteiger partial charge in [0.2, 0.25) is 15.9 Å². The van der Waals surface area contributed by atoms with Crippen LogP contribution >= 0.6 is 0 Å². The normalized spacial score (nSPS) is 12.5. The number of hydrogen-bond acceptors (Lipinski definition) is 3. The number of nitrogens with zero attached hydrogens (tertiary/aromatic N) is 1. The maximum absolute atomic E-state index is 12.3. The number of amides is 1. The van der Waals surface area contributed by atoms with E-state index >= 15 is 0 Å². The smallest absolute Gasteiger partial charge is 0.232 e. The van der Waals surface area contributed by atoms with Gasteiger partial charge >= 0.3 is 0 Å². The molecule has 0 aliphatic heterocycles. The monoisotopic (exact) mass is 402 g/mol. The van der Waals surface area contributed by atoms with E-state index in [1.54, 1.807) is 0 Å². The van der Waals surface area contributed by atoms with E-state index in [-0.39, 0.29) is 24.9 Å². The number of nitrogens with one attached hydrogen (secondary N) is 1. The molecule has 0 unspecified atom stereocenters. The van der Waals surface area contributed by atoms with Gasteiger partial charge in [-0.05, 0) is 62.4 Å². The van der Waals surface area contributed by atoms with Crippen LogP contribution in [0.15, 0.2) is 42.5 Å². The maximum atomic E-state index is 12.3. The largest absolute Gasteiger partial charge is 0.350 e. The quantitative estimate of drug-likeness (QED) is 0.725. The number of carbonyl (C=O) groups is 1. The lowest BCUT2D eigenvalue weighted by molar-refractivity contribution is -0.121. The van der Waals surface area contributed by atoms with Gasteiger partial charge in [0.15, 0.2) is 0 Å². The average molecular weight is 403 g/mol. The summed E-state index contributed by atoms with van der Waals surface area (Å²) < 4.78 is 26.0. The number of rotatable bonds is 8. The van der Waals surface area contributed by atoms with E-state index in [0.717, 1.165) is 22.3 Å². The van der Waals surface area contributed by atoms with Crippen LogP contribution in [0, 0.1) is 20.8 Å². The summed E-state index contributed by atoms with van der Waals surface area (Å²) >= 11 is 0. The van der Waals surface area contributed by atoms with Crippen molar-refractivity contribution < 1.29 is 13.2 Å². The first-order valence-electron chi connectivity index (χ1n) is 9.50. The Kier molecular flexibility index (Phi) is 7.24. The molecule has 2 aromatic carbocycles. The molecule has 6 heteroatoms. The first-order valence-corrected chi connectivity index (χ1v) is 11.3. The number of anilines is 1. The predicted octanol–water partition coefficient (Wildman–Crippen LogP) is 4.04. The highest BCUT2D eigenvalue weighted by Gasteiger charge is 2.20. The molecule has 5 nitrogen and oxygen atoms in total. The molecule has 0 radical (unpaired) electrons. The van der Waals surface area contributed by atoms with Gasteiger partial charge in [-0.25, -0.2) is 8.42 Å². The zero-order chi connectivity index (χ0) is 20.9. The SMILES string of the molecule is Cc1ccccc1[C@@H](C)NC(=O)CCCN(c1cccc(C)c1C)S(C)(=O)=O. The Hall–Kier alpha value is -2.34. The van der Waals surface area contributed by atoms with Crippen LogP contribution in [-0.4, -0.2) is 27.1 Å². The molecule has 28 heavy (non-hydrogen) atoms. The molecule has 0 aliphatic carbocycles. The maximum Gasteiger partial charge on any atom is 0.232 e. The molecule has 0 spiro atoms. The van der Waals surface area contributed by atoms with Crippen LogP contribution in [0.4, 0.5) is 5.69 Å². The fourth-order valence-electron chi connectivity index (χ4n) is 3.32. The molecule has 0 saturated heterocycles. The fourth-order valence-corrected chi connectivity index (χ4v) is 4.33. The van der Waals surface area contributed by atoms with Gasteiger partial charge in [-0.1, -0.05) is 36.4 Å². The van der Waals surface area contributed by atoms with Gasteiger partial charge in [0.05, 0.1) is 18.0 Å². The molecule has 0 heterocycles. The van der Waals surface area contributed by atoms with Gasteiger partial charge in [-0.15, -0.1) is 0 Å². The van der Waals surface area contributed by atoms with Crippen LogP contribution in [0.25, 0.3) is 0 Å². The number of aryl methyl sites for hydroxylation is 2. The highest BCUT2D eigenvalue weighted by atomic mass is 32.2. The van der Waals surface area contributed by atoms with Gasteiger partial charge in [0.25, 0.3) is 0 Å². The molecular formula is C22H30N2O3S. The van der Waals surface area contributed by atoms with Crippen molar-refractivity contribution in [3.05, 3.63) is 64.7 Å². The Morgan fingerprint density at radius 3 is 2.32 bits per heavy atom. The third-order valence-corrected chi connectivity index (χ3v) is 6.22. The highest BCUT2D eigenvalue weighted by molar-refractivity contribution is 7.92. The fraction of sp³-hybridized carbons (Fsp3) is 0.409. The lowest BCUT2D eigenvalue weighted by atomic mass is 10.0. The topological polar surface area (TPSA) is 66.5 Å². The van der Waals surface area contributed by atoms with Gasteiger partial charge in [-0.3, -0.25) is 9.10 Å². The minimum atomic E-state index is -3.43. The second kappa shape index (κ2) is 9.24. The van der Waals surface area contributed by atoms with E-state index in [0.29, 0.717) is 12.1 Å². The van der Waals surface area contributed by atoms with Crippen molar-refractivity contribution in [2.24, 2.45) is 0 Å². The molecule has 0 bridgehead atoms. The Bertz CT molecular complexity index is 939. The standard InChI is InChI=1S/C22H30N2O3S/c1-16-11-8-13-21(18(16)3)24(28(5,26)27)15-9-14-22(25)23-19(4)20-12-7-6-10-17(20)2/h6-8,10-13,19H,9,14-15H2,1-5H3,(H,23,25)/t19-/m1/s1. The van der Waals surface area contributed by atoms with E-state index in [1.807, 2.05) is 70.2 Å². The van der Waals surface area contributed by atoms with Crippen LogP contribution < -0.4 is 9.62 Å². The summed E-state index contributed by atoms with van der Waals surface area (Å²) in [6.45, 7) is 8.12. The second-order valence-corrected chi connectivity index (χ2v) is 9.21. The van der Waals surface area contributed by atoms with Crippen molar-refractivity contribution in [1.29, 1.82) is 0 Å². The van der Waals surface area contributed by atoms with Crippen LogP contribution in [-0.2, 0) is 14.8 Å². The lowest BCUT2D eigenvalue weighted by Gasteiger charge is -2.25. The highest BCUT2D eigenvalue weighted by Crippen LogP contribution is 2.25. The number of sulfonamides is 1. The summed E-state index contributed by atoms with van der Waals surface area (Å²) in [7, 11) is -3.43. The second-order valence-electron chi connectivity index (χ2n) is 7.30. The molecule has 2 rings (SSSR count). The summed E-state index contributed by atoms with van der Waals surface area (Å²) in [5.74, 6) is -0.0785. The Balaban J connectivity index is 2.00. The summed E-state index contributed by atoms with van der Waals surface area (Å²) in [6.07, 6.45) is 1.93. The zero-order valence-electron chi connectivity index (χ0n) is 17.3. The molecule has 1 N–H and O–H groups in total. The molecular weight excluding hydrogens is 372 g/mol. The molecule has 0 aromatic heterocycles. The van der Waals surface area contributed by atoms with E-state index in [2.05, 4.69) is 5.32 Å². The van der Waals surface area contributed by atoms with Gasteiger partial charge in [-0.2, -0.15) is 0 Å². The summed E-state index contributed by atoms with van der Waals surface area (Å²) in [5, 5.41) is 3.00. The van der Waals surface area contributed by atoms with E-state index < -0.39 is 10.0 Å². The molecule has 152 valence electrons. The van der Waals surface area contributed by atoms with Crippen molar-refractivity contribution in [3.63, 3.8) is 0 Å². The first kappa shape index (κ1) is 22.0. The molecule has 1 amide bonds. The average Bonchev–Trinajstić information content (AvgIpc) is 2.61. The Labute approximate surface area is 168 Å². The molecule has 1 atom stereocenters. The van der Waals surface area contributed by atoms with Gasteiger partial charge in [0, 0.05) is 13.0 Å². The van der Waals surface area contributed by atoms with Gasteiger partial charge < -0.3 is 5.32 Å². The number of hydrogen-bond donors (Lipinski definition) is 1. The minimum Gasteiger partial charge on any atom is -0.350 e. The Morgan fingerprint density at radius 1 is 1.04 bits per heavy atom. The van der Waals surface area contributed by atoms with Gasteiger partial charge in [0.1, 0.15) is 0 Å². The predicted molar refractivity (Wildman–Crippen MR) is 115 cm³/mol. The van der Waals surface area contributed by atoms with E-state index in [4.69, 9.17) is 0 Å². The Morgan fingerprint density at radius 2 is 1.68 bits per heavy atom. The summed E-state index contributed by atoms with van der Waals surface area (Å²) in [6, 6.07) is 13.5. The zero-order valence-corrected chi connectivity index (χ0v) is 18.1. The minimum absolute atomic E-state index is 0.0785. The molecule has 2 aromatic rings. The van der Waals surface area contributed by atoms with E-state index in [1.165, 1.54) is 10.6 Å². The van der Waals surface area contributed by atoms with Crippen molar-refractivity contribution in [2.45, 2.75) is 46.6 Å². The molecule has 0 fully saturated rings. The summed E-state index contributed by atoms with van der Waals surface area (Å²) in [5.41, 5.74) is 4.87. The van der Waals surface area contributed by atoms with Crippen molar-refractivity contribution in [3.8, 4) is 0 Å². The van der Waals surface area contributed by atoms with Crippen LogP contribution in [0.1, 0.15) is 48.1 Å². The molecule has 0 aliphatic rings. The molecule has 0 saturated carbocycles. The number of benzene rings is 2.